The van der Waals surface area contributed by atoms with Gasteiger partial charge in [-0.2, -0.15) is 0 Å². The number of nitrogens with one attached hydrogen (secondary N) is 3. The van der Waals surface area contributed by atoms with Gasteiger partial charge in [0.15, 0.2) is 0 Å². The van der Waals surface area contributed by atoms with E-state index in [-0.39, 0.29) is 32.3 Å². The summed E-state index contributed by atoms with van der Waals surface area (Å²) in [6, 6.07) is 14.2. The highest BCUT2D eigenvalue weighted by Gasteiger charge is 2.43. The Morgan fingerprint density at radius 1 is 0.971 bits per heavy atom. The molecule has 10 heteroatoms. The molecule has 2 aromatic rings. The average molecular weight is 479 g/mol. The zero-order chi connectivity index (χ0) is 24.5. The first kappa shape index (κ1) is 22.9. The SMILES string of the molecule is O=C(NC1COCC1C(=O)NC1C(=O)NCC1C(=O)O)OCC1c2ccccc2-c2ccccc21. The number of benzene rings is 2. The van der Waals surface area contributed by atoms with Crippen LogP contribution < -0.4 is 16.0 Å². The van der Waals surface area contributed by atoms with Crippen LogP contribution >= 0.6 is 0 Å². The Hall–Kier alpha value is -3.92. The lowest BCUT2D eigenvalue weighted by Gasteiger charge is -2.22. The van der Waals surface area contributed by atoms with E-state index in [2.05, 4.69) is 16.0 Å². The van der Waals surface area contributed by atoms with Gasteiger partial charge >= 0.3 is 12.1 Å². The van der Waals surface area contributed by atoms with Gasteiger partial charge in [-0.15, -0.1) is 0 Å². The number of hydrogen-bond acceptors (Lipinski definition) is 6. The highest BCUT2D eigenvalue weighted by Crippen LogP contribution is 2.44. The van der Waals surface area contributed by atoms with Gasteiger partial charge in [0.1, 0.15) is 18.6 Å². The minimum atomic E-state index is -1.18. The standard InChI is InChI=1S/C25H25N3O7/c29-22(28-21-17(24(31)32)9-26-23(21)30)19-10-34-12-20(19)27-25(33)35-11-18-15-7-3-1-5-13(15)14-6-2-4-8-16(14)18/h1-8,17-21H,9-12H2,(H,26,30)(H,27,33)(H,28,29)(H,31,32). The summed E-state index contributed by atoms with van der Waals surface area (Å²) in [5.41, 5.74) is 4.42. The van der Waals surface area contributed by atoms with Crippen LogP contribution in [-0.2, 0) is 23.9 Å². The summed E-state index contributed by atoms with van der Waals surface area (Å²) < 4.78 is 10.9. The summed E-state index contributed by atoms with van der Waals surface area (Å²) in [5.74, 6) is -4.21. The number of carboxylic acid groups (broad SMARTS) is 1. The van der Waals surface area contributed by atoms with Gasteiger partial charge in [0, 0.05) is 12.5 Å². The fourth-order valence-corrected chi connectivity index (χ4v) is 5.02. The molecule has 3 aliphatic rings. The monoisotopic (exact) mass is 479 g/mol. The van der Waals surface area contributed by atoms with Crippen molar-refractivity contribution in [3.05, 3.63) is 59.7 Å². The van der Waals surface area contributed by atoms with E-state index >= 15 is 0 Å². The quantitative estimate of drug-likeness (QED) is 0.481. The first-order valence-corrected chi connectivity index (χ1v) is 11.4. The molecule has 3 amide bonds. The molecule has 35 heavy (non-hydrogen) atoms. The molecule has 0 saturated carbocycles. The van der Waals surface area contributed by atoms with Gasteiger partial charge < -0.3 is 30.5 Å². The maximum atomic E-state index is 12.8. The molecule has 0 aromatic heterocycles. The van der Waals surface area contributed by atoms with E-state index in [1.807, 2.05) is 48.5 Å². The molecule has 10 nitrogen and oxygen atoms in total. The molecule has 2 fully saturated rings. The van der Waals surface area contributed by atoms with Crippen molar-refractivity contribution in [1.82, 2.24) is 16.0 Å². The maximum Gasteiger partial charge on any atom is 0.407 e. The number of ether oxygens (including phenoxy) is 2. The number of alkyl carbamates (subject to hydrolysis) is 1. The van der Waals surface area contributed by atoms with Crippen LogP contribution in [0.25, 0.3) is 11.1 Å². The molecule has 2 aliphatic heterocycles. The second-order valence-electron chi connectivity index (χ2n) is 8.90. The molecule has 1 aliphatic carbocycles. The van der Waals surface area contributed by atoms with E-state index < -0.39 is 47.8 Å². The Bertz CT molecular complexity index is 1140. The van der Waals surface area contributed by atoms with Gasteiger partial charge in [-0.1, -0.05) is 48.5 Å². The molecule has 0 spiro atoms. The van der Waals surface area contributed by atoms with E-state index in [1.165, 1.54) is 0 Å². The fourth-order valence-electron chi connectivity index (χ4n) is 5.02. The Balaban J connectivity index is 1.20. The Kier molecular flexibility index (Phi) is 6.12. The normalized spacial score (nSPS) is 24.9. The molecular formula is C25H25N3O7. The Morgan fingerprint density at radius 3 is 2.29 bits per heavy atom. The van der Waals surface area contributed by atoms with Gasteiger partial charge in [0.2, 0.25) is 11.8 Å². The van der Waals surface area contributed by atoms with Crippen molar-refractivity contribution in [2.24, 2.45) is 11.8 Å². The van der Waals surface area contributed by atoms with E-state index in [0.29, 0.717) is 0 Å². The van der Waals surface area contributed by atoms with E-state index in [4.69, 9.17) is 9.47 Å². The molecule has 2 saturated heterocycles. The summed E-state index contributed by atoms with van der Waals surface area (Å²) in [5, 5.41) is 16.9. The average Bonchev–Trinajstić information content (AvgIpc) is 3.54. The van der Waals surface area contributed by atoms with Crippen LogP contribution in [0.1, 0.15) is 17.0 Å². The number of carbonyl (C=O) groups excluding carboxylic acids is 3. The van der Waals surface area contributed by atoms with Crippen LogP contribution in [0.15, 0.2) is 48.5 Å². The van der Waals surface area contributed by atoms with Crippen LogP contribution in [-0.4, -0.2) is 67.4 Å². The predicted octanol–water partition coefficient (Wildman–Crippen LogP) is 0.856. The van der Waals surface area contributed by atoms with Crippen molar-refractivity contribution in [2.45, 2.75) is 18.0 Å². The molecule has 2 aromatic carbocycles. The maximum absolute atomic E-state index is 12.8. The van der Waals surface area contributed by atoms with E-state index in [9.17, 15) is 24.3 Å². The number of hydrogen-bond donors (Lipinski definition) is 4. The second-order valence-corrected chi connectivity index (χ2v) is 8.90. The van der Waals surface area contributed by atoms with Gasteiger partial charge in [0.25, 0.3) is 0 Å². The highest BCUT2D eigenvalue weighted by atomic mass is 16.5. The third-order valence-corrected chi connectivity index (χ3v) is 6.86. The van der Waals surface area contributed by atoms with E-state index in [0.717, 1.165) is 22.3 Å². The van der Waals surface area contributed by atoms with Crippen molar-refractivity contribution >= 4 is 23.9 Å². The molecule has 0 bridgehead atoms. The third-order valence-electron chi connectivity index (χ3n) is 6.86. The lowest BCUT2D eigenvalue weighted by atomic mass is 9.98. The van der Waals surface area contributed by atoms with Crippen LogP contribution in [0.2, 0.25) is 0 Å². The third kappa shape index (κ3) is 4.32. The van der Waals surface area contributed by atoms with Crippen LogP contribution in [0.5, 0.6) is 0 Å². The molecule has 182 valence electrons. The molecule has 4 atom stereocenters. The molecule has 4 N–H and O–H groups in total. The van der Waals surface area contributed by atoms with Crippen molar-refractivity contribution in [3.63, 3.8) is 0 Å². The van der Waals surface area contributed by atoms with Crippen molar-refractivity contribution in [3.8, 4) is 11.1 Å². The van der Waals surface area contributed by atoms with Gasteiger partial charge in [-0.3, -0.25) is 14.4 Å². The topological polar surface area (TPSA) is 143 Å². The number of rotatable bonds is 6. The summed E-state index contributed by atoms with van der Waals surface area (Å²) in [6.07, 6.45) is -0.679. The molecule has 0 radical (unpaired) electrons. The van der Waals surface area contributed by atoms with Crippen LogP contribution in [0.3, 0.4) is 0 Å². The first-order chi connectivity index (χ1) is 16.9. The smallest absolute Gasteiger partial charge is 0.407 e. The van der Waals surface area contributed by atoms with Gasteiger partial charge in [-0.05, 0) is 22.3 Å². The minimum absolute atomic E-state index is 0.0340. The van der Waals surface area contributed by atoms with Crippen LogP contribution in [0, 0.1) is 11.8 Å². The van der Waals surface area contributed by atoms with Crippen molar-refractivity contribution in [1.29, 1.82) is 0 Å². The first-order valence-electron chi connectivity index (χ1n) is 11.4. The second kappa shape index (κ2) is 9.38. The number of carbonyl (C=O) groups is 4. The number of amides is 3. The zero-order valence-corrected chi connectivity index (χ0v) is 18.7. The lowest BCUT2D eigenvalue weighted by molar-refractivity contribution is -0.143. The summed E-state index contributed by atoms with van der Waals surface area (Å²) in [4.78, 5) is 48.8. The van der Waals surface area contributed by atoms with Crippen LogP contribution in [0.4, 0.5) is 4.79 Å². The predicted molar refractivity (Wildman–Crippen MR) is 122 cm³/mol. The highest BCUT2D eigenvalue weighted by molar-refractivity contribution is 5.95. The molecular weight excluding hydrogens is 454 g/mol. The van der Waals surface area contributed by atoms with Crippen molar-refractivity contribution < 1.29 is 33.8 Å². The largest absolute Gasteiger partial charge is 0.481 e. The summed E-state index contributed by atoms with van der Waals surface area (Å²) in [7, 11) is 0. The molecule has 4 unspecified atom stereocenters. The Labute approximate surface area is 201 Å². The molecule has 5 rings (SSSR count). The van der Waals surface area contributed by atoms with Gasteiger partial charge in [-0.25, -0.2) is 4.79 Å². The van der Waals surface area contributed by atoms with Crippen molar-refractivity contribution in [2.75, 3.05) is 26.4 Å². The van der Waals surface area contributed by atoms with E-state index in [1.54, 1.807) is 0 Å². The lowest BCUT2D eigenvalue weighted by Crippen LogP contribution is -2.52. The number of aliphatic carboxylic acids is 1. The van der Waals surface area contributed by atoms with Gasteiger partial charge in [0.05, 0.1) is 25.2 Å². The fraction of sp³-hybridized carbons (Fsp3) is 0.360. The summed E-state index contributed by atoms with van der Waals surface area (Å²) >= 11 is 0. The molecule has 2 heterocycles. The number of carboxylic acids is 1. The number of fused-ring (bicyclic) bond motifs is 3. The zero-order valence-electron chi connectivity index (χ0n) is 18.7. The minimum Gasteiger partial charge on any atom is -0.481 e. The Morgan fingerprint density at radius 2 is 1.63 bits per heavy atom. The summed E-state index contributed by atoms with van der Waals surface area (Å²) in [6.45, 7) is 0.211.